The van der Waals surface area contributed by atoms with Gasteiger partial charge < -0.3 is 19.8 Å². The number of rotatable bonds is 4. The molecule has 0 unspecified atom stereocenters. The smallest absolute Gasteiger partial charge is 0.326 e. The number of ether oxygens (including phenoxy) is 2. The summed E-state index contributed by atoms with van der Waals surface area (Å²) >= 11 is 0. The lowest BCUT2D eigenvalue weighted by atomic mass is 10.1. The van der Waals surface area contributed by atoms with E-state index >= 15 is 0 Å². The Labute approximate surface area is 154 Å². The number of nitro groups is 1. The average molecular weight is 373 g/mol. The van der Waals surface area contributed by atoms with Gasteiger partial charge in [0.1, 0.15) is 35.7 Å². The highest BCUT2D eigenvalue weighted by atomic mass is 16.6. The van der Waals surface area contributed by atoms with Gasteiger partial charge in [-0.2, -0.15) is 0 Å². The zero-order valence-electron chi connectivity index (χ0n) is 15.3. The van der Waals surface area contributed by atoms with Crippen LogP contribution in [0.5, 0.6) is 5.75 Å². The number of benzene rings is 1. The molecule has 0 amide bonds. The fourth-order valence-corrected chi connectivity index (χ4v) is 2.94. The molecule has 0 saturated carbocycles. The molecular formula is C17H19N5O5. The van der Waals surface area contributed by atoms with Gasteiger partial charge in [-0.15, -0.1) is 0 Å². The van der Waals surface area contributed by atoms with Gasteiger partial charge in [0.2, 0.25) is 0 Å². The first-order valence-corrected chi connectivity index (χ1v) is 8.09. The van der Waals surface area contributed by atoms with Crippen molar-refractivity contribution in [2.24, 2.45) is 0 Å². The van der Waals surface area contributed by atoms with Crippen molar-refractivity contribution in [3.63, 3.8) is 0 Å². The van der Waals surface area contributed by atoms with Crippen molar-refractivity contribution in [3.05, 3.63) is 28.6 Å². The third kappa shape index (κ3) is 3.33. The van der Waals surface area contributed by atoms with Crippen LogP contribution in [-0.4, -0.2) is 38.1 Å². The Hall–Kier alpha value is -3.43. The van der Waals surface area contributed by atoms with Gasteiger partial charge in [-0.25, -0.2) is 9.97 Å². The van der Waals surface area contributed by atoms with Crippen molar-refractivity contribution in [1.29, 1.82) is 0 Å². The lowest BCUT2D eigenvalue weighted by molar-refractivity contribution is -0.384. The molecule has 0 bridgehead atoms. The molecule has 0 saturated heterocycles. The summed E-state index contributed by atoms with van der Waals surface area (Å²) in [5, 5.41) is 12.1. The van der Waals surface area contributed by atoms with Crippen LogP contribution in [0.3, 0.4) is 0 Å². The second kappa shape index (κ2) is 6.38. The Morgan fingerprint density at radius 1 is 1.33 bits per heavy atom. The number of esters is 1. The van der Waals surface area contributed by atoms with Gasteiger partial charge in [0.05, 0.1) is 29.0 Å². The maximum Gasteiger partial charge on any atom is 0.326 e. The molecule has 0 spiro atoms. The number of hydrogen-bond acceptors (Lipinski definition) is 8. The minimum absolute atomic E-state index is 0.149. The van der Waals surface area contributed by atoms with Crippen LogP contribution in [-0.2, 0) is 16.1 Å². The molecule has 0 radical (unpaired) electrons. The number of nitrogens with zero attached hydrogens (tertiary/aromatic N) is 4. The van der Waals surface area contributed by atoms with E-state index in [1.807, 2.05) is 0 Å². The van der Waals surface area contributed by atoms with Gasteiger partial charge in [0, 0.05) is 11.5 Å². The van der Waals surface area contributed by atoms with Crippen molar-refractivity contribution in [3.8, 4) is 5.75 Å². The molecule has 2 N–H and O–H groups in total. The second-order valence-electron chi connectivity index (χ2n) is 6.93. The molecule has 0 aliphatic carbocycles. The fourth-order valence-electron chi connectivity index (χ4n) is 2.94. The highest BCUT2D eigenvalue weighted by Crippen LogP contribution is 2.39. The van der Waals surface area contributed by atoms with E-state index in [4.69, 9.17) is 15.2 Å². The third-order valence-corrected chi connectivity index (χ3v) is 3.85. The summed E-state index contributed by atoms with van der Waals surface area (Å²) in [5.74, 6) is -0.116. The highest BCUT2D eigenvalue weighted by molar-refractivity contribution is 6.14. The lowest BCUT2D eigenvalue weighted by Crippen LogP contribution is -2.26. The Kier molecular flexibility index (Phi) is 4.34. The number of non-ortho nitro benzene ring substituents is 1. The number of fused-ring (bicyclic) bond motifs is 3. The van der Waals surface area contributed by atoms with Crippen LogP contribution >= 0.6 is 0 Å². The largest absolute Gasteiger partial charge is 0.494 e. The Bertz CT molecular complexity index is 1070. The van der Waals surface area contributed by atoms with E-state index in [1.54, 1.807) is 25.3 Å². The lowest BCUT2D eigenvalue weighted by Gasteiger charge is -2.20. The molecule has 27 heavy (non-hydrogen) atoms. The summed E-state index contributed by atoms with van der Waals surface area (Å²) in [4.78, 5) is 31.3. The van der Waals surface area contributed by atoms with Gasteiger partial charge in [-0.05, 0) is 20.8 Å². The average Bonchev–Trinajstić information content (AvgIpc) is 2.87. The SMILES string of the molecule is COc1cc([N+](=O)[O-])cc2c3c(N)ncnc3n(CC(=O)OC(C)(C)C)c12. The minimum Gasteiger partial charge on any atom is -0.494 e. The molecule has 10 nitrogen and oxygen atoms in total. The van der Waals surface area contributed by atoms with Gasteiger partial charge >= 0.3 is 5.97 Å². The monoisotopic (exact) mass is 373 g/mol. The standard InChI is InChI=1S/C17H19N5O5/c1-17(2,3)27-12(23)7-21-14-10(13-15(18)19-8-20-16(13)21)5-9(22(24)25)6-11(14)26-4/h5-6,8H,7H2,1-4H3,(H2,18,19,20). The van der Waals surface area contributed by atoms with E-state index in [-0.39, 0.29) is 23.8 Å². The predicted octanol–water partition coefficient (Wildman–Crippen LogP) is 2.43. The number of anilines is 1. The number of hydrogen-bond donors (Lipinski definition) is 1. The van der Waals surface area contributed by atoms with Gasteiger partial charge in [0.25, 0.3) is 5.69 Å². The molecule has 10 heteroatoms. The summed E-state index contributed by atoms with van der Waals surface area (Å²) in [5.41, 5.74) is 5.98. The van der Waals surface area contributed by atoms with E-state index < -0.39 is 16.5 Å². The Morgan fingerprint density at radius 3 is 2.63 bits per heavy atom. The molecule has 2 aromatic heterocycles. The van der Waals surface area contributed by atoms with E-state index in [9.17, 15) is 14.9 Å². The van der Waals surface area contributed by atoms with E-state index in [0.29, 0.717) is 21.9 Å². The highest BCUT2D eigenvalue weighted by Gasteiger charge is 2.25. The van der Waals surface area contributed by atoms with Crippen LogP contribution in [0.2, 0.25) is 0 Å². The molecule has 3 aromatic rings. The number of carbonyl (C=O) groups excluding carboxylic acids is 1. The van der Waals surface area contributed by atoms with Crippen LogP contribution in [0.1, 0.15) is 20.8 Å². The maximum absolute atomic E-state index is 12.4. The van der Waals surface area contributed by atoms with Crippen molar-refractivity contribution in [1.82, 2.24) is 14.5 Å². The van der Waals surface area contributed by atoms with Crippen molar-refractivity contribution < 1.29 is 19.2 Å². The first-order chi connectivity index (χ1) is 12.6. The van der Waals surface area contributed by atoms with Crippen LogP contribution < -0.4 is 10.5 Å². The van der Waals surface area contributed by atoms with Gasteiger partial charge in [-0.1, -0.05) is 0 Å². The van der Waals surface area contributed by atoms with Crippen LogP contribution in [0.4, 0.5) is 11.5 Å². The van der Waals surface area contributed by atoms with E-state index in [2.05, 4.69) is 9.97 Å². The summed E-state index contributed by atoms with van der Waals surface area (Å²) < 4.78 is 12.3. The summed E-state index contributed by atoms with van der Waals surface area (Å²) in [6.07, 6.45) is 1.27. The quantitative estimate of drug-likeness (QED) is 0.418. The number of nitrogen functional groups attached to an aromatic ring is 1. The van der Waals surface area contributed by atoms with Crippen LogP contribution in [0, 0.1) is 10.1 Å². The van der Waals surface area contributed by atoms with Crippen molar-refractivity contribution in [2.45, 2.75) is 32.9 Å². The Morgan fingerprint density at radius 2 is 2.04 bits per heavy atom. The molecule has 0 aliphatic heterocycles. The summed E-state index contributed by atoms with van der Waals surface area (Å²) in [6.45, 7) is 5.13. The zero-order valence-corrected chi connectivity index (χ0v) is 15.3. The molecule has 2 heterocycles. The maximum atomic E-state index is 12.4. The molecular weight excluding hydrogens is 354 g/mol. The third-order valence-electron chi connectivity index (χ3n) is 3.85. The Balaban J connectivity index is 2.32. The molecule has 0 aliphatic rings. The first-order valence-electron chi connectivity index (χ1n) is 8.09. The van der Waals surface area contributed by atoms with E-state index in [1.165, 1.54) is 25.6 Å². The first kappa shape index (κ1) is 18.4. The number of nitro benzene ring substituents is 1. The van der Waals surface area contributed by atoms with Gasteiger partial charge in [0.15, 0.2) is 0 Å². The number of carbonyl (C=O) groups is 1. The number of methoxy groups -OCH3 is 1. The zero-order chi connectivity index (χ0) is 19.9. The summed E-state index contributed by atoms with van der Waals surface area (Å²) in [7, 11) is 1.39. The molecule has 142 valence electrons. The summed E-state index contributed by atoms with van der Waals surface area (Å²) in [6, 6.07) is 2.65. The predicted molar refractivity (Wildman–Crippen MR) is 98.5 cm³/mol. The normalized spacial score (nSPS) is 11.7. The minimum atomic E-state index is -0.660. The van der Waals surface area contributed by atoms with Crippen molar-refractivity contribution in [2.75, 3.05) is 12.8 Å². The van der Waals surface area contributed by atoms with Crippen LogP contribution in [0.15, 0.2) is 18.5 Å². The van der Waals surface area contributed by atoms with Crippen LogP contribution in [0.25, 0.3) is 21.9 Å². The number of aromatic nitrogens is 3. The second-order valence-corrected chi connectivity index (χ2v) is 6.93. The molecule has 1 aromatic carbocycles. The molecule has 0 atom stereocenters. The fraction of sp³-hybridized carbons (Fsp3) is 0.353. The molecule has 0 fully saturated rings. The molecule has 3 rings (SSSR count). The topological polar surface area (TPSA) is 135 Å². The van der Waals surface area contributed by atoms with E-state index in [0.717, 1.165) is 0 Å². The van der Waals surface area contributed by atoms with Crippen molar-refractivity contribution >= 4 is 39.4 Å². The number of nitrogens with two attached hydrogens (primary N) is 1. The van der Waals surface area contributed by atoms with Gasteiger partial charge in [-0.3, -0.25) is 14.9 Å².